The molecule has 0 aliphatic heterocycles. The number of aliphatic hydroxyl groups excluding tert-OH is 2. The normalized spacial score (nSPS) is 13.6. The first-order valence-corrected chi connectivity index (χ1v) is 5.46. The van der Waals surface area contributed by atoms with Crippen molar-refractivity contribution in [2.45, 2.75) is 32.3 Å². The second-order valence-corrected chi connectivity index (χ2v) is 4.92. The van der Waals surface area contributed by atoms with Gasteiger partial charge in [-0.25, -0.2) is 0 Å². The van der Waals surface area contributed by atoms with Gasteiger partial charge in [-0.2, -0.15) is 0 Å². The third-order valence-corrected chi connectivity index (χ3v) is 2.37. The van der Waals surface area contributed by atoms with Crippen molar-refractivity contribution in [1.29, 1.82) is 0 Å². The zero-order valence-electron chi connectivity index (χ0n) is 10.1. The Morgan fingerprint density at radius 1 is 1.19 bits per heavy atom. The van der Waals surface area contributed by atoms with Crippen molar-refractivity contribution in [2.24, 2.45) is 0 Å². The van der Waals surface area contributed by atoms with E-state index in [0.717, 1.165) is 0 Å². The molecule has 0 bridgehead atoms. The lowest BCUT2D eigenvalue weighted by atomic mass is 9.87. The van der Waals surface area contributed by atoms with Crippen LogP contribution >= 0.6 is 0 Å². The first kappa shape index (κ1) is 13.0. The number of rotatable bonds is 4. The molecule has 90 valence electrons. The number of hydrogen-bond donors (Lipinski definition) is 2. The van der Waals surface area contributed by atoms with Crippen LogP contribution in [0.25, 0.3) is 0 Å². The molecule has 0 saturated carbocycles. The van der Waals surface area contributed by atoms with Gasteiger partial charge in [0.15, 0.2) is 0 Å². The average molecular weight is 224 g/mol. The number of aliphatic hydroxyl groups is 2. The predicted octanol–water partition coefficient (Wildman–Crippen LogP) is 1.72. The van der Waals surface area contributed by atoms with E-state index in [1.165, 1.54) is 5.56 Å². The number of benzene rings is 1. The molecule has 0 radical (unpaired) electrons. The van der Waals surface area contributed by atoms with Crippen molar-refractivity contribution in [1.82, 2.24) is 0 Å². The minimum Gasteiger partial charge on any atom is -0.491 e. The summed E-state index contributed by atoms with van der Waals surface area (Å²) in [6, 6.07) is 7.79. The summed E-state index contributed by atoms with van der Waals surface area (Å²) < 4.78 is 5.32. The van der Waals surface area contributed by atoms with E-state index in [4.69, 9.17) is 14.9 Å². The van der Waals surface area contributed by atoms with Crippen LogP contribution in [0.3, 0.4) is 0 Å². The highest BCUT2D eigenvalue weighted by Gasteiger charge is 2.13. The van der Waals surface area contributed by atoms with Crippen molar-refractivity contribution < 1.29 is 14.9 Å². The molecule has 1 rings (SSSR count). The van der Waals surface area contributed by atoms with Gasteiger partial charge in [0.05, 0.1) is 6.61 Å². The van der Waals surface area contributed by atoms with Gasteiger partial charge in [-0.05, 0) is 23.1 Å². The molecule has 1 aromatic carbocycles. The first-order chi connectivity index (χ1) is 7.43. The third kappa shape index (κ3) is 3.83. The Hall–Kier alpha value is -1.06. The van der Waals surface area contributed by atoms with Gasteiger partial charge in [0.25, 0.3) is 0 Å². The minimum atomic E-state index is -0.817. The monoisotopic (exact) mass is 224 g/mol. The summed E-state index contributed by atoms with van der Waals surface area (Å²) in [5.41, 5.74) is 1.37. The maximum Gasteiger partial charge on any atom is 0.119 e. The lowest BCUT2D eigenvalue weighted by Gasteiger charge is -2.19. The molecule has 0 amide bonds. The second-order valence-electron chi connectivity index (χ2n) is 4.92. The third-order valence-electron chi connectivity index (χ3n) is 2.37. The van der Waals surface area contributed by atoms with Crippen LogP contribution in [0.15, 0.2) is 24.3 Å². The van der Waals surface area contributed by atoms with Crippen LogP contribution < -0.4 is 4.74 Å². The molecule has 2 N–H and O–H groups in total. The smallest absolute Gasteiger partial charge is 0.119 e. The van der Waals surface area contributed by atoms with E-state index in [1.807, 2.05) is 24.3 Å². The van der Waals surface area contributed by atoms with Crippen LogP contribution in [-0.4, -0.2) is 29.5 Å². The average Bonchev–Trinajstić information content (AvgIpc) is 2.25. The standard InChI is InChI=1S/C13H20O3/c1-13(2,3)10-4-6-12(7-5-10)16-9-11(15)8-14/h4-7,11,14-15H,8-9H2,1-3H3. The van der Waals surface area contributed by atoms with Crippen LogP contribution in [0.1, 0.15) is 26.3 Å². The van der Waals surface area contributed by atoms with Crippen molar-refractivity contribution in [3.63, 3.8) is 0 Å². The molecule has 0 aliphatic rings. The van der Waals surface area contributed by atoms with Crippen LogP contribution in [0.5, 0.6) is 5.75 Å². The minimum absolute atomic E-state index is 0.116. The molecular weight excluding hydrogens is 204 g/mol. The summed E-state index contributed by atoms with van der Waals surface area (Å²) in [7, 11) is 0. The molecule has 1 atom stereocenters. The van der Waals surface area contributed by atoms with Crippen molar-refractivity contribution in [3.8, 4) is 5.75 Å². The van der Waals surface area contributed by atoms with E-state index in [0.29, 0.717) is 5.75 Å². The highest BCUT2D eigenvalue weighted by molar-refractivity contribution is 5.31. The molecular formula is C13H20O3. The Labute approximate surface area is 96.7 Å². The largest absolute Gasteiger partial charge is 0.491 e. The Kier molecular flexibility index (Phi) is 4.33. The molecule has 1 unspecified atom stereocenters. The van der Waals surface area contributed by atoms with E-state index in [2.05, 4.69) is 20.8 Å². The zero-order valence-corrected chi connectivity index (χ0v) is 10.1. The highest BCUT2D eigenvalue weighted by Crippen LogP contribution is 2.24. The van der Waals surface area contributed by atoms with E-state index in [-0.39, 0.29) is 18.6 Å². The number of ether oxygens (including phenoxy) is 1. The molecule has 3 nitrogen and oxygen atoms in total. The topological polar surface area (TPSA) is 49.7 Å². The van der Waals surface area contributed by atoms with Gasteiger partial charge in [0.1, 0.15) is 18.5 Å². The summed E-state index contributed by atoms with van der Waals surface area (Å²) >= 11 is 0. The molecule has 1 aromatic rings. The zero-order chi connectivity index (χ0) is 12.2. The molecule has 0 spiro atoms. The molecule has 0 fully saturated rings. The Balaban J connectivity index is 2.58. The summed E-state index contributed by atoms with van der Waals surface area (Å²) in [5, 5.41) is 17.8. The lowest BCUT2D eigenvalue weighted by Crippen LogP contribution is -2.21. The van der Waals surface area contributed by atoms with Gasteiger partial charge >= 0.3 is 0 Å². The quantitative estimate of drug-likeness (QED) is 0.818. The van der Waals surface area contributed by atoms with Crippen molar-refractivity contribution >= 4 is 0 Å². The fourth-order valence-corrected chi connectivity index (χ4v) is 1.30. The van der Waals surface area contributed by atoms with Crippen LogP contribution in [0.4, 0.5) is 0 Å². The predicted molar refractivity (Wildman–Crippen MR) is 63.7 cm³/mol. The summed E-state index contributed by atoms with van der Waals surface area (Å²) in [5.74, 6) is 0.709. The van der Waals surface area contributed by atoms with Gasteiger partial charge in [-0.15, -0.1) is 0 Å². The van der Waals surface area contributed by atoms with Crippen LogP contribution in [-0.2, 0) is 5.41 Å². The fourth-order valence-electron chi connectivity index (χ4n) is 1.30. The Morgan fingerprint density at radius 3 is 2.19 bits per heavy atom. The Morgan fingerprint density at radius 2 is 1.75 bits per heavy atom. The summed E-state index contributed by atoms with van der Waals surface area (Å²) in [6.45, 7) is 6.29. The molecule has 3 heteroatoms. The number of hydrogen-bond acceptors (Lipinski definition) is 3. The molecule has 0 aromatic heterocycles. The van der Waals surface area contributed by atoms with Gasteiger partial charge in [-0.1, -0.05) is 32.9 Å². The molecule has 0 heterocycles. The van der Waals surface area contributed by atoms with E-state index in [9.17, 15) is 0 Å². The van der Waals surface area contributed by atoms with E-state index in [1.54, 1.807) is 0 Å². The fraction of sp³-hybridized carbons (Fsp3) is 0.538. The Bertz CT molecular complexity index is 311. The maximum absolute atomic E-state index is 9.13. The lowest BCUT2D eigenvalue weighted by molar-refractivity contribution is 0.0536. The molecule has 16 heavy (non-hydrogen) atoms. The molecule has 0 saturated heterocycles. The summed E-state index contributed by atoms with van der Waals surface area (Å²) in [4.78, 5) is 0. The SMILES string of the molecule is CC(C)(C)c1ccc(OCC(O)CO)cc1. The van der Waals surface area contributed by atoms with Gasteiger partial charge in [0, 0.05) is 0 Å². The van der Waals surface area contributed by atoms with Crippen molar-refractivity contribution in [2.75, 3.05) is 13.2 Å². The first-order valence-electron chi connectivity index (χ1n) is 5.46. The molecule has 0 aliphatic carbocycles. The maximum atomic E-state index is 9.13. The summed E-state index contributed by atoms with van der Waals surface area (Å²) in [6.07, 6.45) is -0.817. The van der Waals surface area contributed by atoms with Crippen molar-refractivity contribution in [3.05, 3.63) is 29.8 Å². The van der Waals surface area contributed by atoms with Crippen LogP contribution in [0.2, 0.25) is 0 Å². The van der Waals surface area contributed by atoms with E-state index >= 15 is 0 Å². The van der Waals surface area contributed by atoms with Gasteiger partial charge < -0.3 is 14.9 Å². The van der Waals surface area contributed by atoms with Gasteiger partial charge in [-0.3, -0.25) is 0 Å². The highest BCUT2D eigenvalue weighted by atomic mass is 16.5. The van der Waals surface area contributed by atoms with Gasteiger partial charge in [0.2, 0.25) is 0 Å². The van der Waals surface area contributed by atoms with Crippen LogP contribution in [0, 0.1) is 0 Å². The second kappa shape index (κ2) is 5.32. The van der Waals surface area contributed by atoms with E-state index < -0.39 is 6.10 Å².